The van der Waals surface area contributed by atoms with Gasteiger partial charge in [-0.15, -0.1) is 5.10 Å². The number of benzene rings is 1. The number of hydrogen-bond acceptors (Lipinski definition) is 4. The van der Waals surface area contributed by atoms with Crippen molar-refractivity contribution in [2.24, 2.45) is 5.73 Å². The third kappa shape index (κ3) is 3.30. The van der Waals surface area contributed by atoms with E-state index in [1.54, 1.807) is 6.20 Å². The van der Waals surface area contributed by atoms with Crippen molar-refractivity contribution >= 4 is 28.7 Å². The van der Waals surface area contributed by atoms with Crippen molar-refractivity contribution in [3.05, 3.63) is 48.2 Å². The van der Waals surface area contributed by atoms with Crippen LogP contribution in [-0.2, 0) is 0 Å². The van der Waals surface area contributed by atoms with Crippen LogP contribution in [0.5, 0.6) is 0 Å². The minimum absolute atomic E-state index is 0.340. The highest BCUT2D eigenvalue weighted by Crippen LogP contribution is 2.26. The molecule has 2 aromatic rings. The molecule has 0 atom stereocenters. The second kappa shape index (κ2) is 6.96. The van der Waals surface area contributed by atoms with Crippen LogP contribution in [0.15, 0.2) is 42.6 Å². The van der Waals surface area contributed by atoms with Crippen LogP contribution < -0.4 is 10.6 Å². The Balaban J connectivity index is 2.44. The molecular weight excluding hydrogens is 268 g/mol. The third-order valence-electron chi connectivity index (χ3n) is 3.03. The lowest BCUT2D eigenvalue weighted by molar-refractivity contribution is 0.773. The van der Waals surface area contributed by atoms with E-state index < -0.39 is 0 Å². The molecule has 0 aliphatic rings. The summed E-state index contributed by atoms with van der Waals surface area (Å²) in [5.74, 6) is 0.722. The fourth-order valence-corrected chi connectivity index (χ4v) is 2.16. The molecule has 0 saturated heterocycles. The molecule has 104 valence electrons. The van der Waals surface area contributed by atoms with Crippen molar-refractivity contribution < 1.29 is 0 Å². The average molecular weight is 286 g/mol. The topological polar surface area (TPSA) is 55.0 Å². The number of para-hydroxylation sites is 1. The van der Waals surface area contributed by atoms with E-state index in [-0.39, 0.29) is 0 Å². The second-order valence-electron chi connectivity index (χ2n) is 4.47. The predicted octanol–water partition coefficient (Wildman–Crippen LogP) is 3.05. The van der Waals surface area contributed by atoms with E-state index in [9.17, 15) is 0 Å². The molecule has 2 N–H and O–H groups in total. The summed E-state index contributed by atoms with van der Waals surface area (Å²) in [6.45, 7) is 3.02. The summed E-state index contributed by atoms with van der Waals surface area (Å²) in [6.07, 6.45) is 3.77. The van der Waals surface area contributed by atoms with Gasteiger partial charge in [0, 0.05) is 12.2 Å². The van der Waals surface area contributed by atoms with Crippen LogP contribution in [0.1, 0.15) is 25.3 Å². The van der Waals surface area contributed by atoms with Gasteiger partial charge in [0.1, 0.15) is 4.99 Å². The van der Waals surface area contributed by atoms with E-state index in [2.05, 4.69) is 22.0 Å². The molecule has 1 heterocycles. The summed E-state index contributed by atoms with van der Waals surface area (Å²) in [5, 5.41) is 8.21. The molecule has 0 radical (unpaired) electrons. The summed E-state index contributed by atoms with van der Waals surface area (Å²) >= 11 is 5.11. The first kappa shape index (κ1) is 14.4. The molecule has 0 bridgehead atoms. The smallest absolute Gasteiger partial charge is 0.165 e. The summed E-state index contributed by atoms with van der Waals surface area (Å²) < 4.78 is 0. The van der Waals surface area contributed by atoms with Crippen LogP contribution in [0.25, 0.3) is 0 Å². The van der Waals surface area contributed by atoms with E-state index in [1.807, 2.05) is 36.4 Å². The molecule has 0 saturated carbocycles. The molecule has 0 amide bonds. The SMILES string of the molecule is CCCCN(c1ccccc1)c1nnccc1C(N)=S. The number of nitrogens with zero attached hydrogens (tertiary/aromatic N) is 3. The maximum Gasteiger partial charge on any atom is 0.165 e. The number of anilines is 2. The second-order valence-corrected chi connectivity index (χ2v) is 4.91. The van der Waals surface area contributed by atoms with Gasteiger partial charge in [0.25, 0.3) is 0 Å². The third-order valence-corrected chi connectivity index (χ3v) is 3.25. The number of thiocarbonyl (C=S) groups is 1. The molecule has 0 fully saturated rings. The van der Waals surface area contributed by atoms with Crippen molar-refractivity contribution in [3.8, 4) is 0 Å². The van der Waals surface area contributed by atoms with E-state index in [1.165, 1.54) is 0 Å². The van der Waals surface area contributed by atoms with Gasteiger partial charge in [0.05, 0.1) is 11.8 Å². The molecule has 20 heavy (non-hydrogen) atoms. The summed E-state index contributed by atoms with van der Waals surface area (Å²) in [7, 11) is 0. The zero-order chi connectivity index (χ0) is 14.4. The lowest BCUT2D eigenvalue weighted by Crippen LogP contribution is -2.24. The van der Waals surface area contributed by atoms with Gasteiger partial charge in [-0.25, -0.2) is 0 Å². The van der Waals surface area contributed by atoms with E-state index in [0.29, 0.717) is 4.99 Å². The highest BCUT2D eigenvalue weighted by Gasteiger charge is 2.16. The molecule has 4 nitrogen and oxygen atoms in total. The monoisotopic (exact) mass is 286 g/mol. The Labute approximate surface area is 124 Å². The van der Waals surface area contributed by atoms with Gasteiger partial charge in [-0.05, 0) is 24.6 Å². The molecule has 5 heteroatoms. The fourth-order valence-electron chi connectivity index (χ4n) is 2.00. The van der Waals surface area contributed by atoms with Crippen LogP contribution in [0.2, 0.25) is 0 Å². The standard InChI is InChI=1S/C15H18N4S/c1-2-3-11-19(12-7-5-4-6-8-12)15-13(14(16)20)9-10-17-18-15/h4-10H,2-3,11H2,1H3,(H2,16,20). The summed E-state index contributed by atoms with van der Waals surface area (Å²) in [5.41, 5.74) is 7.62. The maximum absolute atomic E-state index is 5.80. The predicted molar refractivity (Wildman–Crippen MR) is 86.3 cm³/mol. The van der Waals surface area contributed by atoms with Gasteiger partial charge in [0.15, 0.2) is 5.82 Å². The largest absolute Gasteiger partial charge is 0.389 e. The van der Waals surface area contributed by atoms with Crippen LogP contribution in [0.3, 0.4) is 0 Å². The van der Waals surface area contributed by atoms with Crippen molar-refractivity contribution in [1.29, 1.82) is 0 Å². The van der Waals surface area contributed by atoms with Gasteiger partial charge in [-0.2, -0.15) is 5.10 Å². The minimum atomic E-state index is 0.340. The molecule has 1 aromatic carbocycles. The zero-order valence-corrected chi connectivity index (χ0v) is 12.3. The number of aromatic nitrogens is 2. The zero-order valence-electron chi connectivity index (χ0n) is 11.5. The summed E-state index contributed by atoms with van der Waals surface area (Å²) in [6, 6.07) is 11.9. The lowest BCUT2D eigenvalue weighted by atomic mass is 10.2. The Kier molecular flexibility index (Phi) is 5.01. The Morgan fingerprint density at radius 1 is 1.25 bits per heavy atom. The minimum Gasteiger partial charge on any atom is -0.389 e. The summed E-state index contributed by atoms with van der Waals surface area (Å²) in [4.78, 5) is 2.46. The molecular formula is C15H18N4S. The highest BCUT2D eigenvalue weighted by molar-refractivity contribution is 7.80. The van der Waals surface area contributed by atoms with Gasteiger partial charge in [-0.1, -0.05) is 43.8 Å². The first-order valence-corrected chi connectivity index (χ1v) is 7.09. The number of rotatable bonds is 6. The molecule has 0 spiro atoms. The first-order valence-electron chi connectivity index (χ1n) is 6.68. The Morgan fingerprint density at radius 2 is 2.00 bits per heavy atom. The van der Waals surface area contributed by atoms with Gasteiger partial charge in [0.2, 0.25) is 0 Å². The van der Waals surface area contributed by atoms with Crippen molar-refractivity contribution in [2.45, 2.75) is 19.8 Å². The quantitative estimate of drug-likeness (QED) is 0.827. The van der Waals surface area contributed by atoms with Gasteiger partial charge < -0.3 is 10.6 Å². The molecule has 0 aliphatic heterocycles. The van der Waals surface area contributed by atoms with Crippen molar-refractivity contribution in [3.63, 3.8) is 0 Å². The Morgan fingerprint density at radius 3 is 2.65 bits per heavy atom. The Hall–Kier alpha value is -2.01. The fraction of sp³-hybridized carbons (Fsp3) is 0.267. The Bertz CT molecular complexity index is 571. The molecule has 0 aliphatic carbocycles. The first-order chi connectivity index (χ1) is 9.74. The van der Waals surface area contributed by atoms with Crippen LogP contribution in [0.4, 0.5) is 11.5 Å². The average Bonchev–Trinajstić information content (AvgIpc) is 2.49. The van der Waals surface area contributed by atoms with Gasteiger partial charge in [-0.3, -0.25) is 0 Å². The lowest BCUT2D eigenvalue weighted by Gasteiger charge is -2.25. The number of hydrogen-bond donors (Lipinski definition) is 1. The van der Waals surface area contributed by atoms with E-state index in [0.717, 1.165) is 36.5 Å². The van der Waals surface area contributed by atoms with E-state index in [4.69, 9.17) is 18.0 Å². The van der Waals surface area contributed by atoms with Crippen LogP contribution in [0, 0.1) is 0 Å². The van der Waals surface area contributed by atoms with Crippen molar-refractivity contribution in [2.75, 3.05) is 11.4 Å². The molecule has 2 rings (SSSR count). The van der Waals surface area contributed by atoms with Crippen LogP contribution in [-0.4, -0.2) is 21.7 Å². The van der Waals surface area contributed by atoms with E-state index >= 15 is 0 Å². The molecule has 1 aromatic heterocycles. The highest BCUT2D eigenvalue weighted by atomic mass is 32.1. The van der Waals surface area contributed by atoms with Crippen molar-refractivity contribution in [1.82, 2.24) is 10.2 Å². The number of nitrogens with two attached hydrogens (primary N) is 1. The van der Waals surface area contributed by atoms with Gasteiger partial charge >= 0.3 is 0 Å². The van der Waals surface area contributed by atoms with Crippen LogP contribution >= 0.6 is 12.2 Å². The molecule has 0 unspecified atom stereocenters. The normalized spacial score (nSPS) is 10.2. The maximum atomic E-state index is 5.80. The number of unbranched alkanes of at least 4 members (excludes halogenated alkanes) is 1.